The van der Waals surface area contributed by atoms with Gasteiger partial charge in [0.1, 0.15) is 10.7 Å². The van der Waals surface area contributed by atoms with E-state index in [0.29, 0.717) is 13.1 Å². The molecule has 0 aliphatic carbocycles. The van der Waals surface area contributed by atoms with Crippen LogP contribution in [0.1, 0.15) is 12.8 Å². The van der Waals surface area contributed by atoms with Gasteiger partial charge in [0.25, 0.3) is 0 Å². The molecule has 1 aliphatic rings. The normalized spacial score (nSPS) is 16.9. The monoisotopic (exact) mass is 301 g/mol. The van der Waals surface area contributed by atoms with Crippen molar-refractivity contribution < 1.29 is 12.8 Å². The smallest absolute Gasteiger partial charge is 0.245 e. The number of halogens is 1. The molecule has 1 fully saturated rings. The topological polar surface area (TPSA) is 66.6 Å². The summed E-state index contributed by atoms with van der Waals surface area (Å²) in [5.74, 6) is -0.606. The fraction of sp³-hybridized carbons (Fsp3) is 0.538. The Kier molecular flexibility index (Phi) is 4.62. The van der Waals surface area contributed by atoms with Crippen LogP contribution in [0, 0.1) is 5.82 Å². The second kappa shape index (κ2) is 6.07. The third-order valence-electron chi connectivity index (χ3n) is 3.59. The zero-order chi connectivity index (χ0) is 14.8. The van der Waals surface area contributed by atoms with Crippen LogP contribution in [0.3, 0.4) is 0 Å². The Morgan fingerprint density at radius 2 is 2.00 bits per heavy atom. The lowest BCUT2D eigenvalue weighted by Crippen LogP contribution is -2.35. The molecule has 2 rings (SSSR count). The van der Waals surface area contributed by atoms with Crippen LogP contribution in [0.25, 0.3) is 0 Å². The number of hydrogen-bond donors (Lipinski definition) is 1. The fourth-order valence-electron chi connectivity index (χ4n) is 2.31. The number of rotatable bonds is 5. The molecular formula is C13H20FN3O2S. The van der Waals surface area contributed by atoms with Crippen LogP contribution in [0.5, 0.6) is 0 Å². The Labute approximate surface area is 119 Å². The second-order valence-electron chi connectivity index (χ2n) is 5.06. The van der Waals surface area contributed by atoms with Crippen molar-refractivity contribution in [3.8, 4) is 0 Å². The summed E-state index contributed by atoms with van der Waals surface area (Å²) in [7, 11) is -2.25. The van der Waals surface area contributed by atoms with Gasteiger partial charge in [0, 0.05) is 20.1 Å². The van der Waals surface area contributed by atoms with E-state index in [9.17, 15) is 12.8 Å². The van der Waals surface area contributed by atoms with Crippen molar-refractivity contribution in [1.82, 2.24) is 9.21 Å². The molecule has 1 saturated heterocycles. The Bertz CT molecular complexity index is 571. The van der Waals surface area contributed by atoms with E-state index in [1.54, 1.807) is 0 Å². The summed E-state index contributed by atoms with van der Waals surface area (Å²) in [5, 5.41) is 0. The number of nitrogens with zero attached hydrogens (tertiary/aromatic N) is 2. The Hall–Kier alpha value is -1.18. The maximum absolute atomic E-state index is 13.2. The Morgan fingerprint density at radius 3 is 2.65 bits per heavy atom. The van der Waals surface area contributed by atoms with Gasteiger partial charge in [-0.3, -0.25) is 0 Å². The summed E-state index contributed by atoms with van der Waals surface area (Å²) in [6, 6.07) is 3.39. The van der Waals surface area contributed by atoms with Crippen molar-refractivity contribution in [1.29, 1.82) is 0 Å². The minimum Gasteiger partial charge on any atom is -0.398 e. The molecule has 1 aromatic rings. The second-order valence-corrected chi connectivity index (χ2v) is 7.07. The molecule has 2 N–H and O–H groups in total. The van der Waals surface area contributed by atoms with Crippen LogP contribution in [0.2, 0.25) is 0 Å². The minimum absolute atomic E-state index is 0.0689. The standard InChI is InChI=1S/C13H20FN3O2S/c1-16(8-9-17-6-2-3-7-17)20(18,19)13-10-11(14)4-5-12(13)15/h4-5,10H,2-3,6-9,15H2,1H3. The fourth-order valence-corrected chi connectivity index (χ4v) is 3.59. The van der Waals surface area contributed by atoms with Gasteiger partial charge in [-0.2, -0.15) is 4.31 Å². The molecule has 0 unspecified atom stereocenters. The van der Waals surface area contributed by atoms with Crippen molar-refractivity contribution in [2.75, 3.05) is 39.0 Å². The molecular weight excluding hydrogens is 281 g/mol. The van der Waals surface area contributed by atoms with E-state index in [1.807, 2.05) is 0 Å². The van der Waals surface area contributed by atoms with Crippen LogP contribution in [0.15, 0.2) is 23.1 Å². The lowest BCUT2D eigenvalue weighted by atomic mass is 10.3. The van der Waals surface area contributed by atoms with Crippen LogP contribution < -0.4 is 5.73 Å². The molecule has 1 heterocycles. The van der Waals surface area contributed by atoms with Gasteiger partial charge in [0.15, 0.2) is 0 Å². The maximum Gasteiger partial charge on any atom is 0.245 e. The zero-order valence-electron chi connectivity index (χ0n) is 11.5. The largest absolute Gasteiger partial charge is 0.398 e. The highest BCUT2D eigenvalue weighted by molar-refractivity contribution is 7.89. The molecule has 0 amide bonds. The van der Waals surface area contributed by atoms with Gasteiger partial charge in [-0.1, -0.05) is 0 Å². The number of likely N-dealkylation sites (N-methyl/N-ethyl adjacent to an activating group) is 1. The van der Waals surface area contributed by atoms with Crippen molar-refractivity contribution in [2.24, 2.45) is 0 Å². The summed E-state index contributed by atoms with van der Waals surface area (Å²) < 4.78 is 39.2. The van der Waals surface area contributed by atoms with E-state index in [4.69, 9.17) is 5.73 Å². The van der Waals surface area contributed by atoms with Crippen molar-refractivity contribution in [2.45, 2.75) is 17.7 Å². The van der Waals surface area contributed by atoms with E-state index < -0.39 is 15.8 Å². The van der Waals surface area contributed by atoms with E-state index in [0.717, 1.165) is 38.1 Å². The lowest BCUT2D eigenvalue weighted by molar-refractivity contribution is 0.310. The first-order valence-corrected chi connectivity index (χ1v) is 8.09. The summed E-state index contributed by atoms with van der Waals surface area (Å²) >= 11 is 0. The predicted octanol–water partition coefficient (Wildman–Crippen LogP) is 1.12. The highest BCUT2D eigenvalue weighted by Crippen LogP contribution is 2.22. The zero-order valence-corrected chi connectivity index (χ0v) is 12.4. The van der Waals surface area contributed by atoms with Gasteiger partial charge in [0.2, 0.25) is 10.0 Å². The van der Waals surface area contributed by atoms with E-state index in [1.165, 1.54) is 17.4 Å². The highest BCUT2D eigenvalue weighted by Gasteiger charge is 2.24. The van der Waals surface area contributed by atoms with Crippen LogP contribution in [0.4, 0.5) is 10.1 Å². The van der Waals surface area contributed by atoms with Gasteiger partial charge < -0.3 is 10.6 Å². The number of benzene rings is 1. The SMILES string of the molecule is CN(CCN1CCCC1)S(=O)(=O)c1cc(F)ccc1N. The van der Waals surface area contributed by atoms with Crippen molar-refractivity contribution in [3.63, 3.8) is 0 Å². The first-order chi connectivity index (χ1) is 9.41. The summed E-state index contributed by atoms with van der Waals surface area (Å²) in [4.78, 5) is 2.06. The predicted molar refractivity (Wildman–Crippen MR) is 76.3 cm³/mol. The maximum atomic E-state index is 13.2. The van der Waals surface area contributed by atoms with Gasteiger partial charge in [0.05, 0.1) is 5.69 Å². The summed E-state index contributed by atoms with van der Waals surface area (Å²) in [5.41, 5.74) is 5.72. The van der Waals surface area contributed by atoms with E-state index in [-0.39, 0.29) is 10.6 Å². The molecule has 5 nitrogen and oxygen atoms in total. The van der Waals surface area contributed by atoms with Crippen LogP contribution >= 0.6 is 0 Å². The van der Waals surface area contributed by atoms with E-state index in [2.05, 4.69) is 4.90 Å². The molecule has 112 valence electrons. The van der Waals surface area contributed by atoms with E-state index >= 15 is 0 Å². The van der Waals surface area contributed by atoms with Crippen molar-refractivity contribution in [3.05, 3.63) is 24.0 Å². The summed E-state index contributed by atoms with van der Waals surface area (Å²) in [6.07, 6.45) is 2.32. The third-order valence-corrected chi connectivity index (χ3v) is 5.51. The number of anilines is 1. The average molecular weight is 301 g/mol. The van der Waals surface area contributed by atoms with Crippen molar-refractivity contribution >= 4 is 15.7 Å². The molecule has 0 bridgehead atoms. The average Bonchev–Trinajstić information content (AvgIpc) is 2.91. The molecule has 7 heteroatoms. The quantitative estimate of drug-likeness (QED) is 0.828. The number of likely N-dealkylation sites (tertiary alicyclic amines) is 1. The first kappa shape index (κ1) is 15.2. The Morgan fingerprint density at radius 1 is 1.35 bits per heavy atom. The molecule has 0 atom stereocenters. The minimum atomic E-state index is -3.74. The number of sulfonamides is 1. The molecule has 0 radical (unpaired) electrons. The Balaban J connectivity index is 2.10. The van der Waals surface area contributed by atoms with Gasteiger partial charge >= 0.3 is 0 Å². The third kappa shape index (κ3) is 3.28. The number of nitrogens with two attached hydrogens (primary N) is 1. The highest BCUT2D eigenvalue weighted by atomic mass is 32.2. The lowest BCUT2D eigenvalue weighted by Gasteiger charge is -2.21. The van der Waals surface area contributed by atoms with Crippen LogP contribution in [-0.4, -0.2) is 50.8 Å². The van der Waals surface area contributed by atoms with Gasteiger partial charge in [-0.15, -0.1) is 0 Å². The molecule has 0 spiro atoms. The first-order valence-electron chi connectivity index (χ1n) is 6.65. The molecule has 1 aromatic carbocycles. The number of nitrogen functional groups attached to an aromatic ring is 1. The molecule has 0 aromatic heterocycles. The van der Waals surface area contributed by atoms with Gasteiger partial charge in [-0.25, -0.2) is 12.8 Å². The summed E-state index contributed by atoms with van der Waals surface area (Å²) in [6.45, 7) is 3.08. The molecule has 1 aliphatic heterocycles. The van der Waals surface area contributed by atoms with Crippen LogP contribution in [-0.2, 0) is 10.0 Å². The molecule has 0 saturated carbocycles. The number of hydrogen-bond acceptors (Lipinski definition) is 4. The van der Waals surface area contributed by atoms with Gasteiger partial charge in [-0.05, 0) is 44.1 Å². The molecule has 20 heavy (non-hydrogen) atoms.